The molecule has 1 saturated heterocycles. The van der Waals surface area contributed by atoms with Crippen LogP contribution in [0, 0.1) is 10.1 Å². The molecule has 6 rings (SSSR count). The number of benzene rings is 4. The number of nitrogens with zero attached hydrogens (tertiary/aromatic N) is 3. The van der Waals surface area contributed by atoms with Gasteiger partial charge in [0.25, 0.3) is 11.6 Å². The number of anilines is 2. The van der Waals surface area contributed by atoms with Crippen molar-refractivity contribution in [2.45, 2.75) is 36.7 Å². The fourth-order valence-electron chi connectivity index (χ4n) is 5.62. The third-order valence-electron chi connectivity index (χ3n) is 7.64. The number of amides is 2. The zero-order valence-electron chi connectivity index (χ0n) is 21.9. The van der Waals surface area contributed by atoms with Crippen LogP contribution in [0.15, 0.2) is 89.8 Å². The highest BCUT2D eigenvalue weighted by Crippen LogP contribution is 2.41. The Hall–Kier alpha value is -4.61. The van der Waals surface area contributed by atoms with Gasteiger partial charge in [-0.2, -0.15) is 4.31 Å². The average molecular weight is 571 g/mol. The van der Waals surface area contributed by atoms with Gasteiger partial charge < -0.3 is 10.2 Å². The van der Waals surface area contributed by atoms with Gasteiger partial charge in [-0.15, -0.1) is 0 Å². The van der Waals surface area contributed by atoms with Gasteiger partial charge in [0, 0.05) is 40.7 Å². The number of nitro benzene ring substituents is 1. The molecule has 0 saturated carbocycles. The summed E-state index contributed by atoms with van der Waals surface area (Å²) in [6, 6.07) is 22.3. The van der Waals surface area contributed by atoms with Crippen LogP contribution in [0.5, 0.6) is 0 Å². The lowest BCUT2D eigenvalue weighted by Gasteiger charge is -2.33. The highest BCUT2D eigenvalue weighted by atomic mass is 32.2. The summed E-state index contributed by atoms with van der Waals surface area (Å²) in [5.41, 5.74) is 2.56. The number of hydrogen-bond donors (Lipinski definition) is 1. The Morgan fingerprint density at radius 1 is 0.951 bits per heavy atom. The predicted octanol–water partition coefficient (Wildman–Crippen LogP) is 5.09. The summed E-state index contributed by atoms with van der Waals surface area (Å²) in [6.45, 7) is 0.566. The molecule has 2 aliphatic rings. The van der Waals surface area contributed by atoms with E-state index in [4.69, 9.17) is 0 Å². The molecule has 4 aromatic rings. The molecule has 2 amide bonds. The second kappa shape index (κ2) is 10.4. The Morgan fingerprint density at radius 2 is 1.71 bits per heavy atom. The number of rotatable bonds is 7. The number of carbonyl (C=O) groups excluding carboxylic acids is 2. The van der Waals surface area contributed by atoms with Crippen molar-refractivity contribution in [3.8, 4) is 0 Å². The first-order valence-corrected chi connectivity index (χ1v) is 14.7. The Labute approximate surface area is 236 Å². The van der Waals surface area contributed by atoms with Gasteiger partial charge in [0.2, 0.25) is 15.9 Å². The van der Waals surface area contributed by atoms with Crippen molar-refractivity contribution >= 4 is 49.7 Å². The number of piperidine rings is 1. The minimum absolute atomic E-state index is 0.106. The number of sulfonamides is 1. The molecular formula is C30H26N4O6S. The summed E-state index contributed by atoms with van der Waals surface area (Å²) < 4.78 is 28.2. The summed E-state index contributed by atoms with van der Waals surface area (Å²) in [6.07, 6.45) is 1.61. The molecule has 0 aromatic heterocycles. The molecule has 41 heavy (non-hydrogen) atoms. The summed E-state index contributed by atoms with van der Waals surface area (Å²) in [5.74, 6) is -0.591. The molecule has 2 heterocycles. The zero-order valence-corrected chi connectivity index (χ0v) is 22.7. The van der Waals surface area contributed by atoms with Crippen molar-refractivity contribution in [1.29, 1.82) is 0 Å². The third-order valence-corrected chi connectivity index (χ3v) is 9.56. The molecule has 0 aliphatic carbocycles. The van der Waals surface area contributed by atoms with Crippen LogP contribution in [0.25, 0.3) is 10.8 Å². The van der Waals surface area contributed by atoms with Gasteiger partial charge in [0.1, 0.15) is 6.04 Å². The van der Waals surface area contributed by atoms with E-state index in [1.807, 2.05) is 42.5 Å². The Balaban J connectivity index is 1.29. The maximum atomic E-state index is 13.6. The molecule has 0 radical (unpaired) electrons. The molecule has 0 spiro atoms. The van der Waals surface area contributed by atoms with Gasteiger partial charge in [-0.3, -0.25) is 19.7 Å². The number of hydrogen-bond acceptors (Lipinski definition) is 6. The lowest BCUT2D eigenvalue weighted by atomic mass is 10.0. The highest BCUT2D eigenvalue weighted by molar-refractivity contribution is 7.89. The molecule has 1 N–H and O–H groups in total. The van der Waals surface area contributed by atoms with Crippen LogP contribution in [-0.4, -0.2) is 42.0 Å². The first kappa shape index (κ1) is 26.6. The number of nitrogens with one attached hydrogen (secondary N) is 1. The Bertz CT molecular complexity index is 1790. The number of carbonyl (C=O) groups is 2. The van der Waals surface area contributed by atoms with E-state index in [1.54, 1.807) is 23.1 Å². The zero-order chi connectivity index (χ0) is 28.7. The molecule has 4 aromatic carbocycles. The molecular weight excluding hydrogens is 544 g/mol. The van der Waals surface area contributed by atoms with E-state index in [2.05, 4.69) is 5.32 Å². The summed E-state index contributed by atoms with van der Waals surface area (Å²) in [5, 5.41) is 15.4. The maximum Gasteiger partial charge on any atom is 0.269 e. The van der Waals surface area contributed by atoms with Gasteiger partial charge in [-0.05, 0) is 48.7 Å². The molecule has 0 bridgehead atoms. The Kier molecular flexibility index (Phi) is 6.76. The van der Waals surface area contributed by atoms with Gasteiger partial charge in [0.15, 0.2) is 0 Å². The number of non-ortho nitro benzene ring substituents is 1. The van der Waals surface area contributed by atoms with Crippen molar-refractivity contribution in [3.63, 3.8) is 0 Å². The molecule has 10 nitrogen and oxygen atoms in total. The molecule has 208 valence electrons. The van der Waals surface area contributed by atoms with E-state index in [9.17, 15) is 28.1 Å². The molecule has 1 unspecified atom stereocenters. The SMILES string of the molecule is O=C(Nc1ccc2c3c(cccc13)C(=O)N2Cc1ccccc1)C1CCCCN1S(=O)(=O)c1ccc([N+](=O)[O-])cc1. The smallest absolute Gasteiger partial charge is 0.269 e. The quantitative estimate of drug-likeness (QED) is 0.243. The maximum absolute atomic E-state index is 13.6. The van der Waals surface area contributed by atoms with E-state index in [1.165, 1.54) is 16.4 Å². The summed E-state index contributed by atoms with van der Waals surface area (Å²) in [7, 11) is -4.08. The van der Waals surface area contributed by atoms with Crippen molar-refractivity contribution in [2.75, 3.05) is 16.8 Å². The minimum Gasteiger partial charge on any atom is -0.324 e. The molecule has 2 aliphatic heterocycles. The van der Waals surface area contributed by atoms with Gasteiger partial charge >= 0.3 is 0 Å². The highest BCUT2D eigenvalue weighted by Gasteiger charge is 2.38. The topological polar surface area (TPSA) is 130 Å². The second-order valence-corrected chi connectivity index (χ2v) is 12.0. The fraction of sp³-hybridized carbons (Fsp3) is 0.200. The van der Waals surface area contributed by atoms with Gasteiger partial charge in [-0.1, -0.05) is 48.9 Å². The van der Waals surface area contributed by atoms with E-state index in [-0.39, 0.29) is 23.0 Å². The summed E-state index contributed by atoms with van der Waals surface area (Å²) in [4.78, 5) is 39.0. The summed E-state index contributed by atoms with van der Waals surface area (Å²) >= 11 is 0. The van der Waals surface area contributed by atoms with Crippen LogP contribution in [0.1, 0.15) is 35.2 Å². The van der Waals surface area contributed by atoms with Gasteiger partial charge in [0.05, 0.1) is 22.1 Å². The van der Waals surface area contributed by atoms with Crippen LogP contribution in [-0.2, 0) is 21.4 Å². The number of nitro groups is 1. The second-order valence-electron chi connectivity index (χ2n) is 10.1. The first-order valence-electron chi connectivity index (χ1n) is 13.2. The normalized spacial score (nSPS) is 17.1. The van der Waals surface area contributed by atoms with Crippen LogP contribution < -0.4 is 10.2 Å². The standard InChI is InChI=1S/C30H26N4O6S/c35-29(27-11-4-5-18-33(27)41(39,40)22-14-12-21(13-15-22)34(37)38)31-25-16-17-26-28-23(25)9-6-10-24(28)30(36)32(26)19-20-7-2-1-3-8-20/h1-3,6-10,12-17,27H,4-5,11,18-19H2,(H,31,35). The third kappa shape index (κ3) is 4.72. The molecule has 1 fully saturated rings. The minimum atomic E-state index is -4.08. The Morgan fingerprint density at radius 3 is 2.44 bits per heavy atom. The lowest BCUT2D eigenvalue weighted by Crippen LogP contribution is -2.49. The van der Waals surface area contributed by atoms with Crippen molar-refractivity contribution in [2.24, 2.45) is 0 Å². The predicted molar refractivity (Wildman–Crippen MR) is 154 cm³/mol. The van der Waals surface area contributed by atoms with E-state index in [0.717, 1.165) is 28.8 Å². The van der Waals surface area contributed by atoms with Gasteiger partial charge in [-0.25, -0.2) is 8.42 Å². The average Bonchev–Trinajstić information content (AvgIpc) is 3.26. The van der Waals surface area contributed by atoms with Crippen LogP contribution in [0.4, 0.5) is 17.1 Å². The molecule has 1 atom stereocenters. The van der Waals surface area contributed by atoms with Crippen LogP contribution in [0.3, 0.4) is 0 Å². The van der Waals surface area contributed by atoms with Crippen molar-refractivity contribution < 1.29 is 22.9 Å². The molecule has 11 heteroatoms. The van der Waals surface area contributed by atoms with Crippen LogP contribution in [0.2, 0.25) is 0 Å². The lowest BCUT2D eigenvalue weighted by molar-refractivity contribution is -0.384. The van der Waals surface area contributed by atoms with E-state index in [0.29, 0.717) is 42.4 Å². The van der Waals surface area contributed by atoms with E-state index >= 15 is 0 Å². The fourth-order valence-corrected chi connectivity index (χ4v) is 7.28. The van der Waals surface area contributed by atoms with Crippen molar-refractivity contribution in [1.82, 2.24) is 4.31 Å². The largest absolute Gasteiger partial charge is 0.324 e. The van der Waals surface area contributed by atoms with Crippen molar-refractivity contribution in [3.05, 3.63) is 106 Å². The van der Waals surface area contributed by atoms with E-state index < -0.39 is 26.9 Å². The monoisotopic (exact) mass is 570 g/mol. The van der Waals surface area contributed by atoms with Crippen LogP contribution >= 0.6 is 0 Å². The first-order chi connectivity index (χ1) is 19.8.